The van der Waals surface area contributed by atoms with E-state index >= 15 is 0 Å². The van der Waals surface area contributed by atoms with Crippen LogP contribution < -0.4 is 0 Å². The molecule has 80 valence electrons. The maximum absolute atomic E-state index is 11.3. The smallest absolute Gasteiger partial charge is 0.237 e. The van der Waals surface area contributed by atoms with Gasteiger partial charge < -0.3 is 9.80 Å². The molecule has 1 aliphatic heterocycles. The van der Waals surface area contributed by atoms with Gasteiger partial charge >= 0.3 is 0 Å². The van der Waals surface area contributed by atoms with Crippen molar-refractivity contribution in [1.29, 1.82) is 0 Å². The van der Waals surface area contributed by atoms with E-state index in [-0.39, 0.29) is 23.7 Å². The number of hydrogen-bond acceptors (Lipinski definition) is 2. The zero-order valence-electron chi connectivity index (χ0n) is 8.49. The lowest BCUT2D eigenvalue weighted by atomic mass is 10.2. The van der Waals surface area contributed by atoms with Gasteiger partial charge in [0.25, 0.3) is 0 Å². The molecule has 0 bridgehead atoms. The van der Waals surface area contributed by atoms with Gasteiger partial charge in [-0.05, 0) is 6.92 Å². The van der Waals surface area contributed by atoms with E-state index < -0.39 is 0 Å². The van der Waals surface area contributed by atoms with Crippen LogP contribution in [0.4, 0.5) is 0 Å². The Labute approximate surface area is 88.8 Å². The first-order valence-corrected chi connectivity index (χ1v) is 5.20. The molecule has 5 heteroatoms. The molecule has 0 spiro atoms. The Morgan fingerprint density at radius 1 is 1.43 bits per heavy atom. The summed E-state index contributed by atoms with van der Waals surface area (Å²) < 4.78 is 0. The zero-order chi connectivity index (χ0) is 10.7. The first-order valence-electron chi connectivity index (χ1n) is 4.67. The van der Waals surface area contributed by atoms with E-state index in [9.17, 15) is 9.59 Å². The maximum Gasteiger partial charge on any atom is 0.237 e. The van der Waals surface area contributed by atoms with E-state index in [1.54, 1.807) is 16.7 Å². The summed E-state index contributed by atoms with van der Waals surface area (Å²) in [4.78, 5) is 25.9. The van der Waals surface area contributed by atoms with Crippen molar-refractivity contribution in [1.82, 2.24) is 9.80 Å². The van der Waals surface area contributed by atoms with E-state index in [1.807, 2.05) is 6.92 Å². The lowest BCUT2D eigenvalue weighted by Gasteiger charge is -2.39. The highest BCUT2D eigenvalue weighted by Gasteiger charge is 2.27. The standard InChI is InChI=1S/C9H15ClN2O2/c1-7-6-11(9(14)5-10)3-4-12(7)8(2)13/h7H,3-6H2,1-2H3. The highest BCUT2D eigenvalue weighted by Crippen LogP contribution is 2.09. The molecule has 1 saturated heterocycles. The van der Waals surface area contributed by atoms with E-state index in [0.717, 1.165) is 0 Å². The molecule has 0 aromatic heterocycles. The van der Waals surface area contributed by atoms with Gasteiger partial charge in [-0.3, -0.25) is 9.59 Å². The first-order chi connectivity index (χ1) is 6.56. The van der Waals surface area contributed by atoms with Crippen LogP contribution in [0, 0.1) is 0 Å². The first kappa shape index (κ1) is 11.3. The van der Waals surface area contributed by atoms with Gasteiger partial charge in [-0.25, -0.2) is 0 Å². The highest BCUT2D eigenvalue weighted by molar-refractivity contribution is 6.27. The van der Waals surface area contributed by atoms with Crippen LogP contribution in [0.15, 0.2) is 0 Å². The Kier molecular flexibility index (Phi) is 3.75. The quantitative estimate of drug-likeness (QED) is 0.595. The molecule has 1 atom stereocenters. The molecule has 0 aromatic rings. The summed E-state index contributed by atoms with van der Waals surface area (Å²) >= 11 is 5.46. The van der Waals surface area contributed by atoms with Gasteiger partial charge in [0.05, 0.1) is 0 Å². The summed E-state index contributed by atoms with van der Waals surface area (Å²) in [6, 6.07) is 0.0911. The molecule has 14 heavy (non-hydrogen) atoms. The maximum atomic E-state index is 11.3. The average molecular weight is 219 g/mol. The fourth-order valence-corrected chi connectivity index (χ4v) is 1.91. The average Bonchev–Trinajstić information content (AvgIpc) is 2.15. The number of hydrogen-bond donors (Lipinski definition) is 0. The number of halogens is 1. The fraction of sp³-hybridized carbons (Fsp3) is 0.778. The van der Waals surface area contributed by atoms with Gasteiger partial charge in [0, 0.05) is 32.6 Å². The molecular formula is C9H15ClN2O2. The molecule has 0 aliphatic carbocycles. The number of nitrogens with zero attached hydrogens (tertiary/aromatic N) is 2. The van der Waals surface area contributed by atoms with Gasteiger partial charge in [-0.1, -0.05) is 0 Å². The molecule has 2 amide bonds. The molecule has 0 radical (unpaired) electrons. The van der Waals surface area contributed by atoms with E-state index in [4.69, 9.17) is 11.6 Å². The monoisotopic (exact) mass is 218 g/mol. The SMILES string of the molecule is CC(=O)N1CCN(C(=O)CCl)CC1C. The summed E-state index contributed by atoms with van der Waals surface area (Å²) in [6.07, 6.45) is 0. The minimum Gasteiger partial charge on any atom is -0.338 e. The Bertz CT molecular complexity index is 245. The molecule has 1 rings (SSSR count). The molecular weight excluding hydrogens is 204 g/mol. The van der Waals surface area contributed by atoms with Crippen molar-refractivity contribution in [2.75, 3.05) is 25.5 Å². The number of carbonyl (C=O) groups excluding carboxylic acids is 2. The van der Waals surface area contributed by atoms with Crippen molar-refractivity contribution < 1.29 is 9.59 Å². The normalized spacial score (nSPS) is 22.4. The van der Waals surface area contributed by atoms with Crippen LogP contribution in [0.2, 0.25) is 0 Å². The number of carbonyl (C=O) groups is 2. The van der Waals surface area contributed by atoms with Crippen LogP contribution in [0.3, 0.4) is 0 Å². The summed E-state index contributed by atoms with van der Waals surface area (Å²) in [5.41, 5.74) is 0. The van der Waals surface area contributed by atoms with E-state index in [0.29, 0.717) is 19.6 Å². The second-order valence-electron chi connectivity index (χ2n) is 3.53. The van der Waals surface area contributed by atoms with Gasteiger partial charge in [-0.2, -0.15) is 0 Å². The number of alkyl halides is 1. The van der Waals surface area contributed by atoms with Crippen LogP contribution in [-0.2, 0) is 9.59 Å². The van der Waals surface area contributed by atoms with Crippen LogP contribution in [0.25, 0.3) is 0 Å². The molecule has 0 aromatic carbocycles. The summed E-state index contributed by atoms with van der Waals surface area (Å²) in [7, 11) is 0. The summed E-state index contributed by atoms with van der Waals surface area (Å²) in [5, 5.41) is 0. The van der Waals surface area contributed by atoms with Crippen molar-refractivity contribution in [2.45, 2.75) is 19.9 Å². The van der Waals surface area contributed by atoms with Crippen molar-refractivity contribution in [3.63, 3.8) is 0 Å². The summed E-state index contributed by atoms with van der Waals surface area (Å²) in [6.45, 7) is 5.28. The molecule has 1 unspecified atom stereocenters. The second-order valence-corrected chi connectivity index (χ2v) is 3.80. The molecule has 4 nitrogen and oxygen atoms in total. The van der Waals surface area contributed by atoms with Gasteiger partial charge in [0.15, 0.2) is 0 Å². The minimum atomic E-state index is -0.0540. The van der Waals surface area contributed by atoms with E-state index in [2.05, 4.69) is 0 Å². The lowest BCUT2D eigenvalue weighted by Crippen LogP contribution is -2.55. The number of piperazine rings is 1. The lowest BCUT2D eigenvalue weighted by molar-refractivity contribution is -0.139. The molecule has 1 heterocycles. The van der Waals surface area contributed by atoms with Crippen LogP contribution in [-0.4, -0.2) is 53.2 Å². The van der Waals surface area contributed by atoms with Crippen LogP contribution >= 0.6 is 11.6 Å². The number of rotatable bonds is 1. The molecule has 1 aliphatic rings. The highest BCUT2D eigenvalue weighted by atomic mass is 35.5. The van der Waals surface area contributed by atoms with Gasteiger partial charge in [0.2, 0.25) is 11.8 Å². The second kappa shape index (κ2) is 4.64. The minimum absolute atomic E-state index is 0.0206. The molecule has 1 fully saturated rings. The fourth-order valence-electron chi connectivity index (χ4n) is 1.74. The van der Waals surface area contributed by atoms with Crippen LogP contribution in [0.1, 0.15) is 13.8 Å². The Morgan fingerprint density at radius 3 is 2.50 bits per heavy atom. The Morgan fingerprint density at radius 2 is 2.07 bits per heavy atom. The zero-order valence-corrected chi connectivity index (χ0v) is 9.25. The summed E-state index contributed by atoms with van der Waals surface area (Å²) in [5.74, 6) is 0.0319. The Hall–Kier alpha value is -0.770. The van der Waals surface area contributed by atoms with Crippen molar-refractivity contribution >= 4 is 23.4 Å². The van der Waals surface area contributed by atoms with Crippen LogP contribution in [0.5, 0.6) is 0 Å². The molecule has 0 N–H and O–H groups in total. The number of amides is 2. The van der Waals surface area contributed by atoms with Gasteiger partial charge in [0.1, 0.15) is 5.88 Å². The van der Waals surface area contributed by atoms with Gasteiger partial charge in [-0.15, -0.1) is 11.6 Å². The third-order valence-corrected chi connectivity index (χ3v) is 2.73. The van der Waals surface area contributed by atoms with Crippen molar-refractivity contribution in [3.8, 4) is 0 Å². The van der Waals surface area contributed by atoms with E-state index in [1.165, 1.54) is 0 Å². The molecule has 0 saturated carbocycles. The third-order valence-electron chi connectivity index (χ3n) is 2.50. The third kappa shape index (κ3) is 2.38. The van der Waals surface area contributed by atoms with Crippen molar-refractivity contribution in [3.05, 3.63) is 0 Å². The van der Waals surface area contributed by atoms with Crippen molar-refractivity contribution in [2.24, 2.45) is 0 Å². The largest absolute Gasteiger partial charge is 0.338 e. The Balaban J connectivity index is 2.55. The predicted molar refractivity (Wildman–Crippen MR) is 54.1 cm³/mol. The predicted octanol–water partition coefficient (Wildman–Crippen LogP) is 0.304. The topological polar surface area (TPSA) is 40.6 Å².